The minimum atomic E-state index is -0.113. The number of hydrogen-bond donors (Lipinski definition) is 1. The standard InChI is InChI=1S/C13H14Br2ClN3/c1-7-13(15)12(19(2)18-7)6-11(17)9-4-3-8(16)5-10(9)14/h3-5,11H,6,17H2,1-2H3. The Labute approximate surface area is 134 Å². The van der Waals surface area contributed by atoms with Gasteiger partial charge in [0, 0.05) is 29.0 Å². The van der Waals surface area contributed by atoms with Crippen molar-refractivity contribution < 1.29 is 0 Å². The fourth-order valence-corrected chi connectivity index (χ4v) is 3.50. The van der Waals surface area contributed by atoms with E-state index >= 15 is 0 Å². The average molecular weight is 408 g/mol. The van der Waals surface area contributed by atoms with Gasteiger partial charge in [0.15, 0.2) is 0 Å². The molecule has 0 amide bonds. The molecule has 1 aromatic carbocycles. The van der Waals surface area contributed by atoms with Gasteiger partial charge in [-0.05, 0) is 40.5 Å². The van der Waals surface area contributed by atoms with Crippen molar-refractivity contribution in [2.45, 2.75) is 19.4 Å². The molecule has 1 unspecified atom stereocenters. The summed E-state index contributed by atoms with van der Waals surface area (Å²) in [6.45, 7) is 1.97. The molecular formula is C13H14Br2ClN3. The van der Waals surface area contributed by atoms with Gasteiger partial charge in [-0.1, -0.05) is 33.6 Å². The highest BCUT2D eigenvalue weighted by atomic mass is 79.9. The topological polar surface area (TPSA) is 43.8 Å². The summed E-state index contributed by atoms with van der Waals surface area (Å²) in [5.41, 5.74) is 9.39. The van der Waals surface area contributed by atoms with Gasteiger partial charge in [-0.25, -0.2) is 0 Å². The molecule has 102 valence electrons. The third-order valence-corrected chi connectivity index (χ3v) is 4.99. The van der Waals surface area contributed by atoms with Crippen molar-refractivity contribution in [3.63, 3.8) is 0 Å². The van der Waals surface area contributed by atoms with Crippen LogP contribution in [0.5, 0.6) is 0 Å². The highest BCUT2D eigenvalue weighted by Crippen LogP contribution is 2.29. The van der Waals surface area contributed by atoms with Crippen LogP contribution in [0.25, 0.3) is 0 Å². The molecule has 0 bridgehead atoms. The first-order valence-electron chi connectivity index (χ1n) is 5.78. The first-order valence-corrected chi connectivity index (χ1v) is 7.75. The third-order valence-electron chi connectivity index (χ3n) is 3.04. The molecule has 0 saturated carbocycles. The monoisotopic (exact) mass is 405 g/mol. The van der Waals surface area contributed by atoms with Crippen LogP contribution in [-0.4, -0.2) is 9.78 Å². The molecule has 2 rings (SSSR count). The Morgan fingerprint density at radius 3 is 2.63 bits per heavy atom. The Morgan fingerprint density at radius 2 is 2.11 bits per heavy atom. The number of aryl methyl sites for hydroxylation is 2. The predicted octanol–water partition coefficient (Wildman–Crippen LogP) is 4.15. The van der Waals surface area contributed by atoms with Gasteiger partial charge >= 0.3 is 0 Å². The SMILES string of the molecule is Cc1nn(C)c(CC(N)c2ccc(Cl)cc2Br)c1Br. The van der Waals surface area contributed by atoms with Crippen LogP contribution in [0.3, 0.4) is 0 Å². The highest BCUT2D eigenvalue weighted by Gasteiger charge is 2.17. The van der Waals surface area contributed by atoms with Gasteiger partial charge in [0.25, 0.3) is 0 Å². The van der Waals surface area contributed by atoms with Crippen LogP contribution < -0.4 is 5.73 Å². The van der Waals surface area contributed by atoms with Crippen LogP contribution in [-0.2, 0) is 13.5 Å². The maximum absolute atomic E-state index is 6.29. The van der Waals surface area contributed by atoms with Crippen LogP contribution in [0.4, 0.5) is 0 Å². The van der Waals surface area contributed by atoms with Crippen molar-refractivity contribution in [2.24, 2.45) is 12.8 Å². The van der Waals surface area contributed by atoms with Crippen molar-refractivity contribution >= 4 is 43.5 Å². The van der Waals surface area contributed by atoms with Crippen LogP contribution in [0.2, 0.25) is 5.02 Å². The van der Waals surface area contributed by atoms with E-state index < -0.39 is 0 Å². The van der Waals surface area contributed by atoms with Gasteiger partial charge in [0.05, 0.1) is 15.9 Å². The first-order chi connectivity index (χ1) is 8.90. The molecule has 0 radical (unpaired) electrons. The van der Waals surface area contributed by atoms with E-state index in [4.69, 9.17) is 17.3 Å². The molecule has 0 aliphatic heterocycles. The summed E-state index contributed by atoms with van der Waals surface area (Å²) >= 11 is 13.0. The van der Waals surface area contributed by atoms with Crippen molar-refractivity contribution in [3.05, 3.63) is 49.1 Å². The van der Waals surface area contributed by atoms with Gasteiger partial charge < -0.3 is 5.73 Å². The molecule has 1 aromatic heterocycles. The lowest BCUT2D eigenvalue weighted by Crippen LogP contribution is -2.16. The summed E-state index contributed by atoms with van der Waals surface area (Å²) in [5, 5.41) is 5.07. The number of halogens is 3. The van der Waals surface area contributed by atoms with Crippen molar-refractivity contribution in [1.82, 2.24) is 9.78 Å². The largest absolute Gasteiger partial charge is 0.324 e. The molecule has 2 aromatic rings. The maximum Gasteiger partial charge on any atom is 0.0738 e. The van der Waals surface area contributed by atoms with E-state index in [0.717, 1.165) is 25.9 Å². The number of benzene rings is 1. The lowest BCUT2D eigenvalue weighted by atomic mass is 10.0. The lowest BCUT2D eigenvalue weighted by molar-refractivity contribution is 0.637. The number of aromatic nitrogens is 2. The smallest absolute Gasteiger partial charge is 0.0738 e. The van der Waals surface area contributed by atoms with E-state index in [0.29, 0.717) is 11.4 Å². The zero-order valence-electron chi connectivity index (χ0n) is 10.6. The summed E-state index contributed by atoms with van der Waals surface area (Å²) in [4.78, 5) is 0. The third kappa shape index (κ3) is 3.21. The van der Waals surface area contributed by atoms with Crippen LogP contribution in [0, 0.1) is 6.92 Å². The zero-order chi connectivity index (χ0) is 14.2. The predicted molar refractivity (Wildman–Crippen MR) is 85.4 cm³/mol. The molecule has 1 heterocycles. The van der Waals surface area contributed by atoms with Crippen molar-refractivity contribution in [3.8, 4) is 0 Å². The van der Waals surface area contributed by atoms with E-state index in [1.54, 1.807) is 0 Å². The summed E-state index contributed by atoms with van der Waals surface area (Å²) < 4.78 is 3.82. The second-order valence-electron chi connectivity index (χ2n) is 4.45. The molecule has 0 saturated heterocycles. The fourth-order valence-electron chi connectivity index (χ4n) is 2.02. The maximum atomic E-state index is 6.29. The molecule has 0 spiro atoms. The molecule has 0 aliphatic rings. The van der Waals surface area contributed by atoms with E-state index in [1.165, 1.54) is 0 Å². The Bertz CT molecular complexity index is 610. The molecule has 1 atom stereocenters. The number of rotatable bonds is 3. The number of nitrogens with zero attached hydrogens (tertiary/aromatic N) is 2. The molecule has 2 N–H and O–H groups in total. The Balaban J connectivity index is 2.28. The number of hydrogen-bond acceptors (Lipinski definition) is 2. The van der Waals surface area contributed by atoms with Gasteiger partial charge in [-0.2, -0.15) is 5.10 Å². The van der Waals surface area contributed by atoms with Crippen molar-refractivity contribution in [1.29, 1.82) is 0 Å². The Hall–Kier alpha value is -0.360. The normalized spacial score (nSPS) is 12.7. The van der Waals surface area contributed by atoms with Gasteiger partial charge in [-0.15, -0.1) is 0 Å². The summed E-state index contributed by atoms with van der Waals surface area (Å²) in [6.07, 6.45) is 0.707. The van der Waals surface area contributed by atoms with E-state index in [9.17, 15) is 0 Å². The Kier molecular flexibility index (Phi) is 4.71. The summed E-state index contributed by atoms with van der Waals surface area (Å²) in [6, 6.07) is 5.55. The minimum Gasteiger partial charge on any atom is -0.324 e. The van der Waals surface area contributed by atoms with Gasteiger partial charge in [0.1, 0.15) is 0 Å². The van der Waals surface area contributed by atoms with Crippen LogP contribution in [0.1, 0.15) is 23.0 Å². The minimum absolute atomic E-state index is 0.113. The van der Waals surface area contributed by atoms with Gasteiger partial charge in [0.2, 0.25) is 0 Å². The first kappa shape index (κ1) is 15.0. The quantitative estimate of drug-likeness (QED) is 0.831. The lowest BCUT2D eigenvalue weighted by Gasteiger charge is -2.14. The Morgan fingerprint density at radius 1 is 1.42 bits per heavy atom. The van der Waals surface area contributed by atoms with E-state index in [2.05, 4.69) is 37.0 Å². The summed E-state index contributed by atoms with van der Waals surface area (Å²) in [7, 11) is 1.93. The van der Waals surface area contributed by atoms with E-state index in [-0.39, 0.29) is 6.04 Å². The zero-order valence-corrected chi connectivity index (χ0v) is 14.6. The molecule has 0 fully saturated rings. The molecule has 19 heavy (non-hydrogen) atoms. The van der Waals surface area contributed by atoms with Crippen molar-refractivity contribution in [2.75, 3.05) is 0 Å². The number of nitrogens with two attached hydrogens (primary N) is 1. The molecule has 3 nitrogen and oxygen atoms in total. The molecular weight excluding hydrogens is 393 g/mol. The van der Waals surface area contributed by atoms with E-state index in [1.807, 2.05) is 36.9 Å². The van der Waals surface area contributed by atoms with Crippen LogP contribution in [0.15, 0.2) is 27.1 Å². The highest BCUT2D eigenvalue weighted by molar-refractivity contribution is 9.10. The molecule has 6 heteroatoms. The second-order valence-corrected chi connectivity index (χ2v) is 6.53. The van der Waals surface area contributed by atoms with Gasteiger partial charge in [-0.3, -0.25) is 4.68 Å². The fraction of sp³-hybridized carbons (Fsp3) is 0.308. The van der Waals surface area contributed by atoms with Crippen LogP contribution >= 0.6 is 43.5 Å². The average Bonchev–Trinajstić information content (AvgIpc) is 2.56. The second kappa shape index (κ2) is 5.95. The summed E-state index contributed by atoms with van der Waals surface area (Å²) in [5.74, 6) is 0. The molecule has 0 aliphatic carbocycles.